The second kappa shape index (κ2) is 7.59. The van der Waals surface area contributed by atoms with E-state index in [0.29, 0.717) is 49.0 Å². The minimum Gasteiger partial charge on any atom is -0.496 e. The highest BCUT2D eigenvalue weighted by Gasteiger charge is 2.28. The van der Waals surface area contributed by atoms with Crippen molar-refractivity contribution in [1.82, 2.24) is 15.0 Å². The van der Waals surface area contributed by atoms with Crippen molar-refractivity contribution < 1.29 is 23.3 Å². The quantitative estimate of drug-likeness (QED) is 0.690. The second-order valence-corrected chi connectivity index (χ2v) is 6.34. The average molecular weight is 381 g/mol. The zero-order chi connectivity index (χ0) is 19.5. The lowest BCUT2D eigenvalue weighted by molar-refractivity contribution is 0.0528. The molecule has 1 fully saturated rings. The third-order valence-electron chi connectivity index (χ3n) is 4.68. The SMILES string of the molecule is COc1ccccc1C(=O)N1CCN(C(=O)c2cc(-c3ccco3)on2)CC1. The highest BCUT2D eigenvalue weighted by molar-refractivity contribution is 5.97. The number of benzene rings is 1. The molecule has 1 aliphatic heterocycles. The number of amides is 2. The van der Waals surface area contributed by atoms with Crippen molar-refractivity contribution in [2.45, 2.75) is 0 Å². The Balaban J connectivity index is 1.40. The van der Waals surface area contributed by atoms with E-state index in [1.165, 1.54) is 13.4 Å². The molecule has 0 N–H and O–H groups in total. The van der Waals surface area contributed by atoms with Gasteiger partial charge < -0.3 is 23.5 Å². The normalized spacial score (nSPS) is 14.2. The Bertz CT molecular complexity index is 971. The molecule has 3 aromatic rings. The summed E-state index contributed by atoms with van der Waals surface area (Å²) in [4.78, 5) is 28.8. The number of para-hydroxylation sites is 1. The van der Waals surface area contributed by atoms with Crippen LogP contribution in [0, 0.1) is 0 Å². The Morgan fingerprint density at radius 1 is 0.964 bits per heavy atom. The number of rotatable bonds is 4. The van der Waals surface area contributed by atoms with Gasteiger partial charge in [0, 0.05) is 32.2 Å². The van der Waals surface area contributed by atoms with Gasteiger partial charge in [-0.25, -0.2) is 0 Å². The van der Waals surface area contributed by atoms with Gasteiger partial charge in [-0.2, -0.15) is 0 Å². The number of carbonyl (C=O) groups is 2. The van der Waals surface area contributed by atoms with Crippen LogP contribution in [0.3, 0.4) is 0 Å². The summed E-state index contributed by atoms with van der Waals surface area (Å²) in [7, 11) is 1.54. The van der Waals surface area contributed by atoms with Crippen LogP contribution in [0.4, 0.5) is 0 Å². The van der Waals surface area contributed by atoms with E-state index in [-0.39, 0.29) is 17.5 Å². The van der Waals surface area contributed by atoms with Gasteiger partial charge in [-0.15, -0.1) is 0 Å². The van der Waals surface area contributed by atoms with E-state index in [4.69, 9.17) is 13.7 Å². The van der Waals surface area contributed by atoms with Gasteiger partial charge in [0.1, 0.15) is 5.75 Å². The van der Waals surface area contributed by atoms with Crippen molar-refractivity contribution in [2.24, 2.45) is 0 Å². The number of hydrogen-bond donors (Lipinski definition) is 0. The predicted octanol–water partition coefficient (Wildman–Crippen LogP) is 2.54. The van der Waals surface area contributed by atoms with Gasteiger partial charge >= 0.3 is 0 Å². The van der Waals surface area contributed by atoms with Crippen LogP contribution in [-0.2, 0) is 0 Å². The molecule has 1 saturated heterocycles. The molecular weight excluding hydrogens is 362 g/mol. The van der Waals surface area contributed by atoms with E-state index in [2.05, 4.69) is 5.16 Å². The summed E-state index contributed by atoms with van der Waals surface area (Å²) in [5, 5.41) is 3.85. The molecule has 4 rings (SSSR count). The molecule has 0 atom stereocenters. The van der Waals surface area contributed by atoms with Crippen molar-refractivity contribution in [3.05, 3.63) is 60.0 Å². The van der Waals surface area contributed by atoms with Crippen LogP contribution in [0.25, 0.3) is 11.5 Å². The van der Waals surface area contributed by atoms with Crippen LogP contribution in [0.15, 0.2) is 57.7 Å². The fourth-order valence-corrected chi connectivity index (χ4v) is 3.18. The second-order valence-electron chi connectivity index (χ2n) is 6.34. The summed E-state index contributed by atoms with van der Waals surface area (Å²) in [6.45, 7) is 1.71. The van der Waals surface area contributed by atoms with Gasteiger partial charge in [-0.05, 0) is 24.3 Å². The minimum atomic E-state index is -0.231. The molecule has 0 saturated carbocycles. The lowest BCUT2D eigenvalue weighted by atomic mass is 10.1. The molecule has 1 aromatic carbocycles. The molecule has 0 radical (unpaired) electrons. The maximum absolute atomic E-state index is 12.8. The summed E-state index contributed by atoms with van der Waals surface area (Å²) in [5.41, 5.74) is 0.736. The van der Waals surface area contributed by atoms with E-state index in [1.807, 2.05) is 6.07 Å². The number of methoxy groups -OCH3 is 1. The Hall–Kier alpha value is -3.55. The minimum absolute atomic E-state index is 0.105. The number of piperazine rings is 1. The number of furan rings is 1. The summed E-state index contributed by atoms with van der Waals surface area (Å²) >= 11 is 0. The maximum atomic E-state index is 12.8. The molecule has 3 heterocycles. The van der Waals surface area contributed by atoms with Crippen molar-refractivity contribution in [2.75, 3.05) is 33.3 Å². The first-order valence-electron chi connectivity index (χ1n) is 8.89. The van der Waals surface area contributed by atoms with Gasteiger partial charge in [0.15, 0.2) is 11.5 Å². The number of aromatic nitrogens is 1. The maximum Gasteiger partial charge on any atom is 0.276 e. The van der Waals surface area contributed by atoms with Gasteiger partial charge in [-0.3, -0.25) is 9.59 Å². The van der Waals surface area contributed by atoms with E-state index in [0.717, 1.165) is 0 Å². The molecular formula is C20H19N3O5. The van der Waals surface area contributed by atoms with Crippen molar-refractivity contribution in [3.63, 3.8) is 0 Å². The number of nitrogens with zero attached hydrogens (tertiary/aromatic N) is 3. The smallest absolute Gasteiger partial charge is 0.276 e. The summed E-state index contributed by atoms with van der Waals surface area (Å²) in [6.07, 6.45) is 1.53. The molecule has 1 aliphatic rings. The van der Waals surface area contributed by atoms with Gasteiger partial charge in [0.25, 0.3) is 11.8 Å². The average Bonchev–Trinajstić information content (AvgIpc) is 3.44. The molecule has 0 spiro atoms. The molecule has 144 valence electrons. The molecule has 8 nitrogen and oxygen atoms in total. The van der Waals surface area contributed by atoms with Crippen LogP contribution >= 0.6 is 0 Å². The molecule has 0 bridgehead atoms. The van der Waals surface area contributed by atoms with Crippen LogP contribution in [0.1, 0.15) is 20.8 Å². The van der Waals surface area contributed by atoms with Crippen molar-refractivity contribution in [1.29, 1.82) is 0 Å². The zero-order valence-corrected chi connectivity index (χ0v) is 15.3. The van der Waals surface area contributed by atoms with E-state index in [1.54, 1.807) is 46.2 Å². The highest BCUT2D eigenvalue weighted by Crippen LogP contribution is 2.23. The van der Waals surface area contributed by atoms with Gasteiger partial charge in [0.2, 0.25) is 5.76 Å². The third-order valence-corrected chi connectivity index (χ3v) is 4.68. The Labute approximate surface area is 161 Å². The van der Waals surface area contributed by atoms with Gasteiger partial charge in [0.05, 0.1) is 18.9 Å². The first kappa shape index (κ1) is 17.8. The molecule has 0 unspecified atom stereocenters. The summed E-state index contributed by atoms with van der Waals surface area (Å²) in [6, 6.07) is 12.2. The molecule has 2 aromatic heterocycles. The summed E-state index contributed by atoms with van der Waals surface area (Å²) in [5.74, 6) is 1.12. The predicted molar refractivity (Wildman–Crippen MR) is 99.0 cm³/mol. The molecule has 28 heavy (non-hydrogen) atoms. The number of hydrogen-bond acceptors (Lipinski definition) is 6. The number of carbonyl (C=O) groups excluding carboxylic acids is 2. The first-order valence-corrected chi connectivity index (χ1v) is 8.89. The lowest BCUT2D eigenvalue weighted by Gasteiger charge is -2.34. The first-order chi connectivity index (χ1) is 13.7. The Kier molecular flexibility index (Phi) is 4.84. The van der Waals surface area contributed by atoms with Gasteiger partial charge in [-0.1, -0.05) is 17.3 Å². The highest BCUT2D eigenvalue weighted by atomic mass is 16.5. The Morgan fingerprint density at radius 3 is 2.36 bits per heavy atom. The Morgan fingerprint density at radius 2 is 1.68 bits per heavy atom. The topological polar surface area (TPSA) is 89.0 Å². The fraction of sp³-hybridized carbons (Fsp3) is 0.250. The largest absolute Gasteiger partial charge is 0.496 e. The van der Waals surface area contributed by atoms with Crippen LogP contribution in [0.5, 0.6) is 5.75 Å². The van der Waals surface area contributed by atoms with Crippen molar-refractivity contribution in [3.8, 4) is 17.3 Å². The standard InChI is InChI=1S/C20H19N3O5/c1-26-16-6-3-2-5-14(16)19(24)22-8-10-23(11-9-22)20(25)15-13-18(28-21-15)17-7-4-12-27-17/h2-7,12-13H,8-11H2,1H3. The van der Waals surface area contributed by atoms with Crippen LogP contribution in [-0.4, -0.2) is 60.1 Å². The third kappa shape index (κ3) is 3.36. The lowest BCUT2D eigenvalue weighted by Crippen LogP contribution is -2.50. The monoisotopic (exact) mass is 381 g/mol. The molecule has 0 aliphatic carbocycles. The van der Waals surface area contributed by atoms with E-state index < -0.39 is 0 Å². The van der Waals surface area contributed by atoms with E-state index in [9.17, 15) is 9.59 Å². The zero-order valence-electron chi connectivity index (χ0n) is 15.3. The summed E-state index contributed by atoms with van der Waals surface area (Å²) < 4.78 is 15.7. The van der Waals surface area contributed by atoms with Crippen LogP contribution in [0.2, 0.25) is 0 Å². The van der Waals surface area contributed by atoms with Crippen LogP contribution < -0.4 is 4.74 Å². The molecule has 8 heteroatoms. The number of ether oxygens (including phenoxy) is 1. The fourth-order valence-electron chi connectivity index (χ4n) is 3.18. The van der Waals surface area contributed by atoms with Crippen molar-refractivity contribution >= 4 is 11.8 Å². The van der Waals surface area contributed by atoms with E-state index >= 15 is 0 Å². The molecule has 2 amide bonds.